The second kappa shape index (κ2) is 10.6. The number of carbonyl (C=O) groups is 1. The lowest BCUT2D eigenvalue weighted by Gasteiger charge is -2.20. The topological polar surface area (TPSA) is 68.8 Å². The Morgan fingerprint density at radius 2 is 1.96 bits per heavy atom. The van der Waals surface area contributed by atoms with Crippen LogP contribution in [-0.4, -0.2) is 50.6 Å². The molecular weight excluding hydrogens is 441 g/mol. The van der Waals surface area contributed by atoms with E-state index in [4.69, 9.17) is 0 Å². The smallest absolute Gasteiger partial charge is 0.223 e. The number of anilines is 1. The molecule has 1 aliphatic carbocycles. The van der Waals surface area contributed by atoms with Crippen molar-refractivity contribution < 1.29 is 4.79 Å². The fourth-order valence-electron chi connectivity index (χ4n) is 3.10. The van der Waals surface area contributed by atoms with E-state index in [0.717, 1.165) is 44.9 Å². The first-order valence-electron chi connectivity index (χ1n) is 9.39. The van der Waals surface area contributed by atoms with Gasteiger partial charge in [0.15, 0.2) is 5.96 Å². The Hall–Kier alpha value is -1.51. The summed E-state index contributed by atoms with van der Waals surface area (Å²) in [4.78, 5) is 18.6. The number of nitrogens with one attached hydrogen (secondary N) is 3. The van der Waals surface area contributed by atoms with Crippen LogP contribution in [0.3, 0.4) is 0 Å². The van der Waals surface area contributed by atoms with E-state index in [1.807, 2.05) is 6.07 Å². The minimum Gasteiger partial charge on any atom is -0.369 e. The molecular formula is C19H30IN5O. The van der Waals surface area contributed by atoms with Crippen LogP contribution in [0.15, 0.2) is 35.3 Å². The van der Waals surface area contributed by atoms with Crippen molar-refractivity contribution >= 4 is 41.5 Å². The number of aliphatic imine (C=N–C) groups is 1. The van der Waals surface area contributed by atoms with E-state index in [1.165, 1.54) is 5.69 Å². The second-order valence-electron chi connectivity index (χ2n) is 6.74. The maximum atomic E-state index is 11.6. The van der Waals surface area contributed by atoms with Gasteiger partial charge >= 0.3 is 0 Å². The highest BCUT2D eigenvalue weighted by molar-refractivity contribution is 14.0. The van der Waals surface area contributed by atoms with Gasteiger partial charge in [-0.3, -0.25) is 9.79 Å². The standard InChI is InChI=1S/C19H29N5O.HI/c1-2-20-19(22-12-11-21-18(25)15-8-9-15)23-16-10-13-24(14-16)17-6-4-3-5-7-17;/h3-7,15-16H,2,8-14H2,1H3,(H,21,25)(H2,20,22,23);1H. The van der Waals surface area contributed by atoms with Crippen LogP contribution in [0, 0.1) is 5.92 Å². The van der Waals surface area contributed by atoms with E-state index in [2.05, 4.69) is 57.0 Å². The van der Waals surface area contributed by atoms with Crippen LogP contribution in [0.2, 0.25) is 0 Å². The van der Waals surface area contributed by atoms with Gasteiger partial charge in [-0.25, -0.2) is 0 Å². The van der Waals surface area contributed by atoms with Crippen molar-refractivity contribution in [3.05, 3.63) is 30.3 Å². The van der Waals surface area contributed by atoms with E-state index < -0.39 is 0 Å². The van der Waals surface area contributed by atoms with E-state index in [0.29, 0.717) is 19.1 Å². The maximum absolute atomic E-state index is 11.6. The molecule has 2 aliphatic rings. The largest absolute Gasteiger partial charge is 0.369 e. The Kier molecular flexibility index (Phi) is 8.47. The fraction of sp³-hybridized carbons (Fsp3) is 0.579. The van der Waals surface area contributed by atoms with Crippen molar-refractivity contribution in [1.82, 2.24) is 16.0 Å². The van der Waals surface area contributed by atoms with Gasteiger partial charge in [-0.2, -0.15) is 0 Å². The second-order valence-corrected chi connectivity index (χ2v) is 6.74. The number of hydrogen-bond acceptors (Lipinski definition) is 3. The van der Waals surface area contributed by atoms with Gasteiger partial charge in [0.05, 0.1) is 6.54 Å². The van der Waals surface area contributed by atoms with Gasteiger partial charge in [0.1, 0.15) is 0 Å². The molecule has 7 heteroatoms. The lowest BCUT2D eigenvalue weighted by molar-refractivity contribution is -0.122. The molecule has 1 saturated heterocycles. The number of amides is 1. The summed E-state index contributed by atoms with van der Waals surface area (Å²) in [6.07, 6.45) is 3.18. The van der Waals surface area contributed by atoms with E-state index in [-0.39, 0.29) is 35.8 Å². The normalized spacial score (nSPS) is 19.7. The molecule has 3 rings (SSSR count). The van der Waals surface area contributed by atoms with Gasteiger partial charge in [-0.15, -0.1) is 24.0 Å². The van der Waals surface area contributed by atoms with E-state index in [9.17, 15) is 4.79 Å². The molecule has 0 aromatic heterocycles. The Morgan fingerprint density at radius 3 is 2.65 bits per heavy atom. The number of guanidine groups is 1. The number of rotatable bonds is 7. The summed E-state index contributed by atoms with van der Waals surface area (Å²) in [6, 6.07) is 10.9. The lowest BCUT2D eigenvalue weighted by atomic mass is 10.3. The van der Waals surface area contributed by atoms with Gasteiger partial charge in [0, 0.05) is 43.8 Å². The Morgan fingerprint density at radius 1 is 1.19 bits per heavy atom. The van der Waals surface area contributed by atoms with Crippen LogP contribution in [0.25, 0.3) is 0 Å². The number of para-hydroxylation sites is 1. The molecule has 1 aromatic rings. The number of benzene rings is 1. The quantitative estimate of drug-likeness (QED) is 0.246. The highest BCUT2D eigenvalue weighted by atomic mass is 127. The zero-order chi connectivity index (χ0) is 17.5. The molecule has 1 atom stereocenters. The summed E-state index contributed by atoms with van der Waals surface area (Å²) in [6.45, 7) is 6.13. The molecule has 3 N–H and O–H groups in total. The third-order valence-electron chi connectivity index (χ3n) is 4.62. The summed E-state index contributed by atoms with van der Waals surface area (Å²) in [7, 11) is 0. The zero-order valence-corrected chi connectivity index (χ0v) is 17.7. The van der Waals surface area contributed by atoms with Crippen LogP contribution in [0.1, 0.15) is 26.2 Å². The molecule has 144 valence electrons. The molecule has 1 aliphatic heterocycles. The third kappa shape index (κ3) is 6.34. The van der Waals surface area contributed by atoms with Crippen molar-refractivity contribution in [2.75, 3.05) is 37.6 Å². The first kappa shape index (κ1) is 20.8. The van der Waals surface area contributed by atoms with Crippen molar-refractivity contribution in [2.45, 2.75) is 32.2 Å². The average Bonchev–Trinajstić information content (AvgIpc) is 3.39. The van der Waals surface area contributed by atoms with Crippen molar-refractivity contribution in [3.63, 3.8) is 0 Å². The lowest BCUT2D eigenvalue weighted by Crippen LogP contribution is -2.45. The predicted octanol–water partition coefficient (Wildman–Crippen LogP) is 1.96. The van der Waals surface area contributed by atoms with Crippen molar-refractivity contribution in [1.29, 1.82) is 0 Å². The third-order valence-corrected chi connectivity index (χ3v) is 4.62. The van der Waals surface area contributed by atoms with Gasteiger partial charge in [-0.05, 0) is 38.3 Å². The first-order chi connectivity index (χ1) is 12.3. The maximum Gasteiger partial charge on any atom is 0.223 e. The predicted molar refractivity (Wildman–Crippen MR) is 117 cm³/mol. The molecule has 0 radical (unpaired) electrons. The van der Waals surface area contributed by atoms with Gasteiger partial charge in [0.25, 0.3) is 0 Å². The summed E-state index contributed by atoms with van der Waals surface area (Å²) < 4.78 is 0. The van der Waals surface area contributed by atoms with Crippen LogP contribution >= 0.6 is 24.0 Å². The van der Waals surface area contributed by atoms with E-state index in [1.54, 1.807) is 0 Å². The monoisotopic (exact) mass is 471 g/mol. The summed E-state index contributed by atoms with van der Waals surface area (Å²) >= 11 is 0. The van der Waals surface area contributed by atoms with Gasteiger partial charge in [0.2, 0.25) is 5.91 Å². The molecule has 6 nitrogen and oxygen atoms in total. The van der Waals surface area contributed by atoms with Gasteiger partial charge < -0.3 is 20.9 Å². The molecule has 1 unspecified atom stereocenters. The highest BCUT2D eigenvalue weighted by Crippen LogP contribution is 2.28. The summed E-state index contributed by atoms with van der Waals surface area (Å²) in [5.41, 5.74) is 1.27. The number of nitrogens with zero attached hydrogens (tertiary/aromatic N) is 2. The molecule has 1 amide bonds. The number of hydrogen-bond donors (Lipinski definition) is 3. The SMILES string of the molecule is CCNC(=NCCNC(=O)C1CC1)NC1CCN(c2ccccc2)C1.I. The van der Waals surface area contributed by atoms with Crippen molar-refractivity contribution in [3.8, 4) is 0 Å². The Labute approximate surface area is 173 Å². The average molecular weight is 471 g/mol. The van der Waals surface area contributed by atoms with E-state index >= 15 is 0 Å². The van der Waals surface area contributed by atoms with Crippen LogP contribution in [0.5, 0.6) is 0 Å². The zero-order valence-electron chi connectivity index (χ0n) is 15.4. The van der Waals surface area contributed by atoms with Gasteiger partial charge in [-0.1, -0.05) is 18.2 Å². The highest BCUT2D eigenvalue weighted by Gasteiger charge is 2.29. The fourth-order valence-corrected chi connectivity index (χ4v) is 3.10. The summed E-state index contributed by atoms with van der Waals surface area (Å²) in [5.74, 6) is 1.28. The first-order valence-corrected chi connectivity index (χ1v) is 9.39. The Balaban J connectivity index is 0.00000243. The van der Waals surface area contributed by atoms with Crippen LogP contribution < -0.4 is 20.9 Å². The molecule has 26 heavy (non-hydrogen) atoms. The number of carbonyl (C=O) groups excluding carboxylic acids is 1. The molecule has 2 fully saturated rings. The van der Waals surface area contributed by atoms with Crippen molar-refractivity contribution in [2.24, 2.45) is 10.9 Å². The molecule has 0 bridgehead atoms. The summed E-state index contributed by atoms with van der Waals surface area (Å²) in [5, 5.41) is 9.77. The molecule has 0 spiro atoms. The molecule has 1 heterocycles. The van der Waals surface area contributed by atoms with Crippen LogP contribution in [0.4, 0.5) is 5.69 Å². The minimum absolute atomic E-state index is 0. The molecule has 1 aromatic carbocycles. The van der Waals surface area contributed by atoms with Crippen LogP contribution in [-0.2, 0) is 4.79 Å². The molecule has 1 saturated carbocycles. The Bertz CT molecular complexity index is 591. The minimum atomic E-state index is 0. The number of halogens is 1.